The number of amides is 1. The molecule has 1 amide bonds. The van der Waals surface area contributed by atoms with Crippen molar-refractivity contribution in [3.63, 3.8) is 0 Å². The van der Waals surface area contributed by atoms with Gasteiger partial charge in [-0.15, -0.1) is 0 Å². The van der Waals surface area contributed by atoms with E-state index >= 15 is 0 Å². The van der Waals surface area contributed by atoms with Crippen LogP contribution < -0.4 is 4.90 Å². The quantitative estimate of drug-likeness (QED) is 0.791. The summed E-state index contributed by atoms with van der Waals surface area (Å²) in [6, 6.07) is 17.8. The third kappa shape index (κ3) is 4.17. The molecule has 0 N–H and O–H groups in total. The van der Waals surface area contributed by atoms with Gasteiger partial charge >= 0.3 is 0 Å². The molecular formula is C22H26ClN3O2. The molecular weight excluding hydrogens is 374 g/mol. The van der Waals surface area contributed by atoms with Crippen molar-refractivity contribution in [3.8, 4) is 0 Å². The number of anilines is 1. The summed E-state index contributed by atoms with van der Waals surface area (Å²) < 4.78 is 5.43. The molecule has 5 nitrogen and oxygen atoms in total. The Balaban J connectivity index is 1.51. The highest BCUT2D eigenvalue weighted by Gasteiger charge is 2.34. The van der Waals surface area contributed by atoms with Crippen LogP contribution in [0.15, 0.2) is 54.6 Å². The van der Waals surface area contributed by atoms with Crippen molar-refractivity contribution in [3.05, 3.63) is 65.2 Å². The molecule has 2 aliphatic rings. The van der Waals surface area contributed by atoms with E-state index in [1.807, 2.05) is 41.3 Å². The molecule has 148 valence electrons. The number of hydrogen-bond donors (Lipinski definition) is 0. The minimum absolute atomic E-state index is 0.181. The van der Waals surface area contributed by atoms with Gasteiger partial charge in [0, 0.05) is 39.3 Å². The number of carbonyl (C=O) groups excluding carboxylic acids is 1. The van der Waals surface area contributed by atoms with Crippen molar-refractivity contribution in [1.82, 2.24) is 9.80 Å². The number of benzene rings is 2. The Morgan fingerprint density at radius 3 is 2.18 bits per heavy atom. The number of morpholine rings is 1. The minimum Gasteiger partial charge on any atom is -0.378 e. The van der Waals surface area contributed by atoms with Crippen molar-refractivity contribution in [2.45, 2.75) is 6.04 Å². The Kier molecular flexibility index (Phi) is 6.15. The van der Waals surface area contributed by atoms with Crippen LogP contribution in [-0.4, -0.2) is 68.2 Å². The fraction of sp³-hybridized carbons (Fsp3) is 0.409. The normalized spacial score (nSPS) is 19.5. The van der Waals surface area contributed by atoms with E-state index < -0.39 is 0 Å². The van der Waals surface area contributed by atoms with Crippen LogP contribution in [0.1, 0.15) is 11.6 Å². The Hall–Kier alpha value is -2.08. The zero-order valence-electron chi connectivity index (χ0n) is 16.0. The van der Waals surface area contributed by atoms with Crippen LogP contribution in [0.25, 0.3) is 0 Å². The molecule has 2 aromatic rings. The smallest absolute Gasteiger partial charge is 0.244 e. The number of nitrogens with zero attached hydrogens (tertiary/aromatic N) is 3. The van der Waals surface area contributed by atoms with Crippen LogP contribution >= 0.6 is 11.6 Å². The zero-order valence-corrected chi connectivity index (χ0v) is 16.7. The van der Waals surface area contributed by atoms with Gasteiger partial charge in [-0.3, -0.25) is 9.69 Å². The molecule has 4 rings (SSSR count). The van der Waals surface area contributed by atoms with Crippen molar-refractivity contribution < 1.29 is 9.53 Å². The van der Waals surface area contributed by atoms with Gasteiger partial charge in [0.15, 0.2) is 0 Å². The van der Waals surface area contributed by atoms with E-state index in [1.165, 1.54) is 0 Å². The van der Waals surface area contributed by atoms with Gasteiger partial charge in [0.1, 0.15) is 6.04 Å². The van der Waals surface area contributed by atoms with Gasteiger partial charge in [0.05, 0.1) is 23.9 Å². The van der Waals surface area contributed by atoms with Crippen LogP contribution in [0.2, 0.25) is 5.02 Å². The minimum atomic E-state index is -0.243. The van der Waals surface area contributed by atoms with Gasteiger partial charge in [-0.2, -0.15) is 0 Å². The second kappa shape index (κ2) is 8.95. The molecule has 28 heavy (non-hydrogen) atoms. The molecule has 2 heterocycles. The van der Waals surface area contributed by atoms with E-state index in [4.69, 9.17) is 16.3 Å². The number of hydrogen-bond acceptors (Lipinski definition) is 4. The molecule has 0 bridgehead atoms. The van der Waals surface area contributed by atoms with Crippen LogP contribution in [0.5, 0.6) is 0 Å². The molecule has 0 unspecified atom stereocenters. The topological polar surface area (TPSA) is 36.0 Å². The first kappa shape index (κ1) is 19.2. The third-order valence-corrected chi connectivity index (χ3v) is 5.86. The maximum absolute atomic E-state index is 13.4. The average molecular weight is 400 g/mol. The lowest BCUT2D eigenvalue weighted by atomic mass is 10.0. The summed E-state index contributed by atoms with van der Waals surface area (Å²) in [7, 11) is 0. The SMILES string of the molecule is O=C([C@H](c1ccccc1)N1CCN(c2ccccc2Cl)CC1)N1CCOCC1. The highest BCUT2D eigenvalue weighted by molar-refractivity contribution is 6.33. The molecule has 1 atom stereocenters. The standard InChI is InChI=1S/C22H26ClN3O2/c23-19-8-4-5-9-20(19)24-10-12-25(13-11-24)21(18-6-2-1-3-7-18)22(27)26-14-16-28-17-15-26/h1-9,21H,10-17H2/t21-/m0/s1. The van der Waals surface area contributed by atoms with E-state index in [9.17, 15) is 4.79 Å². The Morgan fingerprint density at radius 2 is 1.50 bits per heavy atom. The van der Waals surface area contributed by atoms with Crippen LogP contribution in [0, 0.1) is 0 Å². The molecule has 6 heteroatoms. The second-order valence-corrected chi connectivity index (χ2v) is 7.63. The Bertz CT molecular complexity index is 787. The average Bonchev–Trinajstić information content (AvgIpc) is 2.76. The van der Waals surface area contributed by atoms with Crippen molar-refractivity contribution in [1.29, 1.82) is 0 Å². The van der Waals surface area contributed by atoms with Gasteiger partial charge in [-0.1, -0.05) is 54.1 Å². The molecule has 0 spiro atoms. The van der Waals surface area contributed by atoms with Crippen molar-refractivity contribution in [2.75, 3.05) is 57.4 Å². The van der Waals surface area contributed by atoms with Crippen molar-refractivity contribution in [2.24, 2.45) is 0 Å². The fourth-order valence-corrected chi connectivity index (χ4v) is 4.29. The second-order valence-electron chi connectivity index (χ2n) is 7.23. The van der Waals surface area contributed by atoms with Gasteiger partial charge in [-0.05, 0) is 17.7 Å². The summed E-state index contributed by atoms with van der Waals surface area (Å²) in [5, 5.41) is 0.778. The highest BCUT2D eigenvalue weighted by Crippen LogP contribution is 2.29. The van der Waals surface area contributed by atoms with E-state index in [2.05, 4.69) is 28.0 Å². The van der Waals surface area contributed by atoms with Gasteiger partial charge in [0.2, 0.25) is 5.91 Å². The Labute approximate surface area is 171 Å². The predicted molar refractivity (Wildman–Crippen MR) is 112 cm³/mol. The monoisotopic (exact) mass is 399 g/mol. The van der Waals surface area contributed by atoms with Gasteiger partial charge < -0.3 is 14.5 Å². The number of carbonyl (C=O) groups is 1. The highest BCUT2D eigenvalue weighted by atomic mass is 35.5. The first-order valence-electron chi connectivity index (χ1n) is 9.89. The number of rotatable bonds is 4. The summed E-state index contributed by atoms with van der Waals surface area (Å²) in [6.07, 6.45) is 0. The van der Waals surface area contributed by atoms with Gasteiger partial charge in [-0.25, -0.2) is 0 Å². The summed E-state index contributed by atoms with van der Waals surface area (Å²) in [5.74, 6) is 0.181. The Morgan fingerprint density at radius 1 is 0.857 bits per heavy atom. The number of ether oxygens (including phenoxy) is 1. The summed E-state index contributed by atoms with van der Waals surface area (Å²) >= 11 is 6.38. The summed E-state index contributed by atoms with van der Waals surface area (Å²) in [4.78, 5) is 20.0. The van der Waals surface area contributed by atoms with E-state index in [1.54, 1.807) is 0 Å². The zero-order chi connectivity index (χ0) is 19.3. The van der Waals surface area contributed by atoms with Crippen LogP contribution in [-0.2, 0) is 9.53 Å². The molecule has 2 aromatic carbocycles. The summed E-state index contributed by atoms with van der Waals surface area (Å²) in [6.45, 7) is 5.92. The summed E-state index contributed by atoms with van der Waals surface area (Å²) in [5.41, 5.74) is 2.13. The third-order valence-electron chi connectivity index (χ3n) is 5.54. The molecule has 2 saturated heterocycles. The van der Waals surface area contributed by atoms with E-state index in [0.29, 0.717) is 26.3 Å². The molecule has 0 aromatic heterocycles. The maximum Gasteiger partial charge on any atom is 0.244 e. The molecule has 0 radical (unpaired) electrons. The lowest BCUT2D eigenvalue weighted by Crippen LogP contribution is -2.53. The van der Waals surface area contributed by atoms with Crippen molar-refractivity contribution >= 4 is 23.2 Å². The molecule has 2 aliphatic heterocycles. The fourth-order valence-electron chi connectivity index (χ4n) is 4.03. The van der Waals surface area contributed by atoms with E-state index in [0.717, 1.165) is 42.5 Å². The predicted octanol–water partition coefficient (Wildman–Crippen LogP) is 3.06. The molecule has 0 aliphatic carbocycles. The lowest BCUT2D eigenvalue weighted by Gasteiger charge is -2.41. The molecule has 2 fully saturated rings. The first-order valence-corrected chi connectivity index (χ1v) is 10.3. The van der Waals surface area contributed by atoms with Crippen LogP contribution in [0.4, 0.5) is 5.69 Å². The number of para-hydroxylation sites is 1. The largest absolute Gasteiger partial charge is 0.378 e. The number of piperazine rings is 1. The molecule has 0 saturated carbocycles. The van der Waals surface area contributed by atoms with Gasteiger partial charge in [0.25, 0.3) is 0 Å². The van der Waals surface area contributed by atoms with Crippen LogP contribution in [0.3, 0.4) is 0 Å². The lowest BCUT2D eigenvalue weighted by molar-refractivity contribution is -0.141. The maximum atomic E-state index is 13.4. The first-order chi connectivity index (χ1) is 13.7. The number of halogens is 1. The van der Waals surface area contributed by atoms with E-state index in [-0.39, 0.29) is 11.9 Å².